The van der Waals surface area contributed by atoms with Gasteiger partial charge in [-0.25, -0.2) is 0 Å². The Bertz CT molecular complexity index is 983. The van der Waals surface area contributed by atoms with Gasteiger partial charge in [0.25, 0.3) is 5.91 Å². The molecule has 0 aliphatic heterocycles. The van der Waals surface area contributed by atoms with Crippen molar-refractivity contribution < 1.29 is 18.7 Å². The number of likely N-dealkylation sites (N-methyl/N-ethyl adjacent to an activating group) is 1. The standard InChI is InChI=1S/C23H25N3O4/c1-16-9-11-19(12-10-16)22-25-24-20(30-22)13-14-21(27)29-17(2)23(28)26(3)15-18-7-5-4-6-8-18/h4-12,17H,13-15H2,1-3H3. The molecule has 0 N–H and O–H groups in total. The molecule has 0 aliphatic carbocycles. The fourth-order valence-corrected chi connectivity index (χ4v) is 2.93. The molecule has 2 aromatic carbocycles. The van der Waals surface area contributed by atoms with Crippen molar-refractivity contribution in [1.29, 1.82) is 0 Å². The minimum absolute atomic E-state index is 0.0511. The van der Waals surface area contributed by atoms with Crippen LogP contribution in [-0.2, 0) is 27.3 Å². The number of aromatic nitrogens is 2. The Morgan fingerprint density at radius 2 is 1.77 bits per heavy atom. The summed E-state index contributed by atoms with van der Waals surface area (Å²) in [6, 6.07) is 17.4. The average molecular weight is 407 g/mol. The Kier molecular flexibility index (Phi) is 6.95. The fourth-order valence-electron chi connectivity index (χ4n) is 2.93. The number of rotatable bonds is 8. The molecular formula is C23H25N3O4. The number of benzene rings is 2. The molecular weight excluding hydrogens is 382 g/mol. The highest BCUT2D eigenvalue weighted by Gasteiger charge is 2.22. The number of hydrogen-bond donors (Lipinski definition) is 0. The predicted molar refractivity (Wildman–Crippen MR) is 111 cm³/mol. The van der Waals surface area contributed by atoms with Gasteiger partial charge in [0.1, 0.15) is 0 Å². The Morgan fingerprint density at radius 3 is 2.47 bits per heavy atom. The lowest BCUT2D eigenvalue weighted by Crippen LogP contribution is -2.37. The fraction of sp³-hybridized carbons (Fsp3) is 0.304. The first kappa shape index (κ1) is 21.2. The number of hydrogen-bond acceptors (Lipinski definition) is 6. The summed E-state index contributed by atoms with van der Waals surface area (Å²) in [5, 5.41) is 7.99. The van der Waals surface area contributed by atoms with Crippen LogP contribution in [0.15, 0.2) is 59.0 Å². The molecule has 1 atom stereocenters. The molecule has 0 radical (unpaired) electrons. The molecule has 7 heteroatoms. The van der Waals surface area contributed by atoms with Gasteiger partial charge in [-0.3, -0.25) is 9.59 Å². The first-order chi connectivity index (χ1) is 14.4. The van der Waals surface area contributed by atoms with Crippen LogP contribution in [0.1, 0.15) is 30.4 Å². The Hall–Kier alpha value is -3.48. The molecule has 0 saturated carbocycles. The van der Waals surface area contributed by atoms with Gasteiger partial charge in [0.05, 0.1) is 6.42 Å². The first-order valence-electron chi connectivity index (χ1n) is 9.80. The smallest absolute Gasteiger partial charge is 0.307 e. The molecule has 0 spiro atoms. The maximum absolute atomic E-state index is 12.4. The highest BCUT2D eigenvalue weighted by atomic mass is 16.5. The first-order valence-corrected chi connectivity index (χ1v) is 9.80. The van der Waals surface area contributed by atoms with Gasteiger partial charge in [0.15, 0.2) is 6.10 Å². The van der Waals surface area contributed by atoms with E-state index in [4.69, 9.17) is 9.15 Å². The van der Waals surface area contributed by atoms with Crippen molar-refractivity contribution in [3.8, 4) is 11.5 Å². The van der Waals surface area contributed by atoms with E-state index >= 15 is 0 Å². The third kappa shape index (κ3) is 5.76. The van der Waals surface area contributed by atoms with E-state index < -0.39 is 12.1 Å². The molecule has 3 rings (SSSR count). The Balaban J connectivity index is 1.47. The normalized spacial score (nSPS) is 11.7. The summed E-state index contributed by atoms with van der Waals surface area (Å²) in [6.45, 7) is 4.02. The molecule has 0 aliphatic rings. The number of esters is 1. The summed E-state index contributed by atoms with van der Waals surface area (Å²) >= 11 is 0. The summed E-state index contributed by atoms with van der Waals surface area (Å²) in [7, 11) is 1.69. The Labute approximate surface area is 175 Å². The van der Waals surface area contributed by atoms with Crippen LogP contribution < -0.4 is 0 Å². The highest BCUT2D eigenvalue weighted by Crippen LogP contribution is 2.19. The molecule has 156 valence electrons. The van der Waals surface area contributed by atoms with Crippen molar-refractivity contribution in [2.24, 2.45) is 0 Å². The summed E-state index contributed by atoms with van der Waals surface area (Å²) in [5.74, 6) is 0.0119. The largest absolute Gasteiger partial charge is 0.453 e. The molecule has 30 heavy (non-hydrogen) atoms. The number of amides is 1. The third-order valence-electron chi connectivity index (χ3n) is 4.60. The van der Waals surface area contributed by atoms with Crippen molar-refractivity contribution in [2.45, 2.75) is 39.3 Å². The summed E-state index contributed by atoms with van der Waals surface area (Å²) in [6.07, 6.45) is -0.564. The molecule has 0 fully saturated rings. The second-order valence-electron chi connectivity index (χ2n) is 7.18. The number of carbonyl (C=O) groups is 2. The lowest BCUT2D eigenvalue weighted by atomic mass is 10.1. The van der Waals surface area contributed by atoms with Crippen molar-refractivity contribution in [1.82, 2.24) is 15.1 Å². The molecule has 1 amide bonds. The van der Waals surface area contributed by atoms with E-state index in [1.54, 1.807) is 18.9 Å². The topological polar surface area (TPSA) is 85.5 Å². The summed E-state index contributed by atoms with van der Waals surface area (Å²) in [5.41, 5.74) is 2.97. The van der Waals surface area contributed by atoms with Crippen LogP contribution in [0.25, 0.3) is 11.5 Å². The van der Waals surface area contributed by atoms with Crippen molar-refractivity contribution in [3.63, 3.8) is 0 Å². The van der Waals surface area contributed by atoms with Crippen LogP contribution in [0.3, 0.4) is 0 Å². The number of nitrogens with zero attached hydrogens (tertiary/aromatic N) is 3. The molecule has 0 bridgehead atoms. The third-order valence-corrected chi connectivity index (χ3v) is 4.60. The van der Waals surface area contributed by atoms with Crippen LogP contribution in [0, 0.1) is 6.92 Å². The van der Waals surface area contributed by atoms with Crippen molar-refractivity contribution >= 4 is 11.9 Å². The van der Waals surface area contributed by atoms with Crippen LogP contribution in [0.2, 0.25) is 0 Å². The van der Waals surface area contributed by atoms with Crippen LogP contribution in [0.4, 0.5) is 0 Å². The zero-order chi connectivity index (χ0) is 21.5. The van der Waals surface area contributed by atoms with E-state index in [2.05, 4.69) is 10.2 Å². The second kappa shape index (κ2) is 9.82. The number of ether oxygens (including phenoxy) is 1. The maximum Gasteiger partial charge on any atom is 0.307 e. The van der Waals surface area contributed by atoms with Gasteiger partial charge < -0.3 is 14.1 Å². The molecule has 0 saturated heterocycles. The van der Waals surface area contributed by atoms with Gasteiger partial charge in [-0.2, -0.15) is 0 Å². The zero-order valence-electron chi connectivity index (χ0n) is 17.4. The van der Waals surface area contributed by atoms with E-state index in [9.17, 15) is 9.59 Å². The van der Waals surface area contributed by atoms with Crippen LogP contribution in [-0.4, -0.2) is 40.1 Å². The lowest BCUT2D eigenvalue weighted by Gasteiger charge is -2.21. The highest BCUT2D eigenvalue weighted by molar-refractivity contribution is 5.83. The number of carbonyl (C=O) groups excluding carboxylic acids is 2. The van der Waals surface area contributed by atoms with Crippen LogP contribution >= 0.6 is 0 Å². The van der Waals surface area contributed by atoms with Crippen LogP contribution in [0.5, 0.6) is 0 Å². The van der Waals surface area contributed by atoms with E-state index in [0.717, 1.165) is 16.7 Å². The SMILES string of the molecule is Cc1ccc(-c2nnc(CCC(=O)OC(C)C(=O)N(C)Cc3ccccc3)o2)cc1. The zero-order valence-corrected chi connectivity index (χ0v) is 17.4. The molecule has 1 aromatic heterocycles. The van der Waals surface area contributed by atoms with Gasteiger partial charge in [-0.1, -0.05) is 48.0 Å². The van der Waals surface area contributed by atoms with Gasteiger partial charge in [-0.05, 0) is 31.5 Å². The van der Waals surface area contributed by atoms with Crippen molar-refractivity contribution in [2.75, 3.05) is 7.05 Å². The second-order valence-corrected chi connectivity index (χ2v) is 7.18. The number of aryl methyl sites for hydroxylation is 2. The minimum Gasteiger partial charge on any atom is -0.453 e. The van der Waals surface area contributed by atoms with E-state index in [-0.39, 0.29) is 18.7 Å². The van der Waals surface area contributed by atoms with Gasteiger partial charge in [0.2, 0.25) is 11.8 Å². The summed E-state index contributed by atoms with van der Waals surface area (Å²) in [4.78, 5) is 26.1. The van der Waals surface area contributed by atoms with Gasteiger partial charge in [-0.15, -0.1) is 10.2 Å². The molecule has 1 unspecified atom stereocenters. The molecule has 7 nitrogen and oxygen atoms in total. The predicted octanol–water partition coefficient (Wildman–Crippen LogP) is 3.57. The quantitative estimate of drug-likeness (QED) is 0.531. The monoisotopic (exact) mass is 407 g/mol. The minimum atomic E-state index is -0.864. The maximum atomic E-state index is 12.4. The average Bonchev–Trinajstić information content (AvgIpc) is 3.22. The lowest BCUT2D eigenvalue weighted by molar-refractivity contribution is -0.158. The van der Waals surface area contributed by atoms with Crippen molar-refractivity contribution in [3.05, 3.63) is 71.6 Å². The van der Waals surface area contributed by atoms with Gasteiger partial charge in [0, 0.05) is 25.6 Å². The Morgan fingerprint density at radius 1 is 1.07 bits per heavy atom. The molecule has 1 heterocycles. The van der Waals surface area contributed by atoms with E-state index in [0.29, 0.717) is 18.3 Å². The van der Waals surface area contributed by atoms with E-state index in [1.165, 1.54) is 0 Å². The molecule has 3 aromatic rings. The summed E-state index contributed by atoms with van der Waals surface area (Å²) < 4.78 is 10.9. The van der Waals surface area contributed by atoms with Gasteiger partial charge >= 0.3 is 5.97 Å². The van der Waals surface area contributed by atoms with E-state index in [1.807, 2.05) is 61.5 Å².